The van der Waals surface area contributed by atoms with Crippen LogP contribution < -0.4 is 0 Å². The van der Waals surface area contributed by atoms with Crippen LogP contribution in [0.15, 0.2) is 45.4 Å². The molecule has 0 bridgehead atoms. The molecule has 1 aliphatic rings. The van der Waals surface area contributed by atoms with Gasteiger partial charge in [-0.15, -0.1) is 0 Å². The van der Waals surface area contributed by atoms with E-state index in [0.29, 0.717) is 17.0 Å². The standard InChI is InChI=1S/C17H16N2O3/c1-11-18-13-7-6-12(10-16(13)22-11)17(20)19-8-2-4-14(19)15-5-3-9-21-15/h3,5-7,9-10,14H,2,4,8H2,1H3/t14-/m1/s1. The molecule has 0 unspecified atom stereocenters. The minimum Gasteiger partial charge on any atom is -0.467 e. The van der Waals surface area contributed by atoms with Gasteiger partial charge in [0.25, 0.3) is 5.91 Å². The number of hydrogen-bond donors (Lipinski definition) is 0. The molecular weight excluding hydrogens is 280 g/mol. The van der Waals surface area contributed by atoms with Crippen molar-refractivity contribution in [1.29, 1.82) is 0 Å². The Morgan fingerprint density at radius 3 is 3.09 bits per heavy atom. The summed E-state index contributed by atoms with van der Waals surface area (Å²) in [4.78, 5) is 19.0. The van der Waals surface area contributed by atoms with Crippen molar-refractivity contribution in [3.05, 3.63) is 53.8 Å². The smallest absolute Gasteiger partial charge is 0.254 e. The first kappa shape index (κ1) is 13.1. The lowest BCUT2D eigenvalue weighted by molar-refractivity contribution is 0.0720. The summed E-state index contributed by atoms with van der Waals surface area (Å²) in [5.74, 6) is 1.46. The van der Waals surface area contributed by atoms with E-state index in [1.165, 1.54) is 0 Å². The molecule has 22 heavy (non-hydrogen) atoms. The van der Waals surface area contributed by atoms with Crippen molar-refractivity contribution in [2.45, 2.75) is 25.8 Å². The van der Waals surface area contributed by atoms with Crippen LogP contribution in [0, 0.1) is 6.92 Å². The van der Waals surface area contributed by atoms with Gasteiger partial charge in [0.2, 0.25) is 0 Å². The van der Waals surface area contributed by atoms with Gasteiger partial charge in [0.05, 0.1) is 12.3 Å². The van der Waals surface area contributed by atoms with Gasteiger partial charge in [-0.2, -0.15) is 0 Å². The third-order valence-corrected chi connectivity index (χ3v) is 4.13. The van der Waals surface area contributed by atoms with Gasteiger partial charge in [-0.1, -0.05) is 0 Å². The summed E-state index contributed by atoms with van der Waals surface area (Å²) in [6.07, 6.45) is 3.57. The van der Waals surface area contributed by atoms with Crippen LogP contribution in [0.25, 0.3) is 11.1 Å². The molecule has 5 nitrogen and oxygen atoms in total. The number of aryl methyl sites for hydroxylation is 1. The maximum atomic E-state index is 12.8. The largest absolute Gasteiger partial charge is 0.467 e. The Morgan fingerprint density at radius 1 is 1.36 bits per heavy atom. The molecule has 0 spiro atoms. The lowest BCUT2D eigenvalue weighted by Gasteiger charge is -2.23. The molecule has 3 heterocycles. The van der Waals surface area contributed by atoms with Gasteiger partial charge in [-0.25, -0.2) is 4.98 Å². The summed E-state index contributed by atoms with van der Waals surface area (Å²) < 4.78 is 11.0. The van der Waals surface area contributed by atoms with Crippen molar-refractivity contribution in [2.75, 3.05) is 6.54 Å². The predicted octanol–water partition coefficient (Wildman–Crippen LogP) is 3.71. The molecule has 0 radical (unpaired) electrons. The van der Waals surface area contributed by atoms with Crippen LogP contribution >= 0.6 is 0 Å². The number of benzene rings is 1. The van der Waals surface area contributed by atoms with Crippen molar-refractivity contribution in [1.82, 2.24) is 9.88 Å². The van der Waals surface area contributed by atoms with Crippen LogP contribution in [0.3, 0.4) is 0 Å². The van der Waals surface area contributed by atoms with Gasteiger partial charge in [-0.3, -0.25) is 4.79 Å². The topological polar surface area (TPSA) is 59.5 Å². The lowest BCUT2D eigenvalue weighted by atomic mass is 10.1. The average molecular weight is 296 g/mol. The Bertz CT molecular complexity index is 820. The van der Waals surface area contributed by atoms with Gasteiger partial charge in [-0.05, 0) is 43.2 Å². The Hall–Kier alpha value is -2.56. The molecule has 0 aliphatic carbocycles. The van der Waals surface area contributed by atoms with Crippen LogP contribution in [0.1, 0.15) is 40.9 Å². The highest BCUT2D eigenvalue weighted by atomic mass is 16.3. The van der Waals surface area contributed by atoms with Gasteiger partial charge in [0.15, 0.2) is 11.5 Å². The van der Waals surface area contributed by atoms with Gasteiger partial charge in [0, 0.05) is 19.0 Å². The fourth-order valence-corrected chi connectivity index (χ4v) is 3.13. The molecule has 2 aromatic heterocycles. The van der Waals surface area contributed by atoms with E-state index < -0.39 is 0 Å². The van der Waals surface area contributed by atoms with Crippen molar-refractivity contribution in [2.24, 2.45) is 0 Å². The van der Waals surface area contributed by atoms with E-state index >= 15 is 0 Å². The molecule has 1 amide bonds. The van der Waals surface area contributed by atoms with E-state index in [-0.39, 0.29) is 11.9 Å². The minimum atomic E-state index is 0.00912. The Kier molecular flexibility index (Phi) is 2.99. The number of fused-ring (bicyclic) bond motifs is 1. The molecular formula is C17H16N2O3. The normalized spacial score (nSPS) is 18.2. The first-order valence-corrected chi connectivity index (χ1v) is 7.44. The lowest BCUT2D eigenvalue weighted by Crippen LogP contribution is -2.30. The summed E-state index contributed by atoms with van der Waals surface area (Å²) in [5, 5.41) is 0. The molecule has 3 aromatic rings. The number of oxazole rings is 1. The van der Waals surface area contributed by atoms with Gasteiger partial charge in [0.1, 0.15) is 11.3 Å². The summed E-state index contributed by atoms with van der Waals surface area (Å²) in [7, 11) is 0. The molecule has 4 rings (SSSR count). The highest BCUT2D eigenvalue weighted by Gasteiger charge is 2.32. The number of amides is 1. The molecule has 5 heteroatoms. The van der Waals surface area contributed by atoms with Crippen molar-refractivity contribution >= 4 is 17.0 Å². The molecule has 0 saturated carbocycles. The molecule has 0 N–H and O–H groups in total. The van der Waals surface area contributed by atoms with Crippen LogP contribution in [-0.4, -0.2) is 22.3 Å². The number of aromatic nitrogens is 1. The number of nitrogens with zero attached hydrogens (tertiary/aromatic N) is 2. The third-order valence-electron chi connectivity index (χ3n) is 4.13. The van der Waals surface area contributed by atoms with Gasteiger partial charge < -0.3 is 13.7 Å². The number of furan rings is 1. The first-order chi connectivity index (χ1) is 10.7. The number of carbonyl (C=O) groups excluding carboxylic acids is 1. The summed E-state index contributed by atoms with van der Waals surface area (Å²) in [6, 6.07) is 9.23. The van der Waals surface area contributed by atoms with Crippen molar-refractivity contribution in [3.8, 4) is 0 Å². The van der Waals surface area contributed by atoms with Crippen LogP contribution in [0.2, 0.25) is 0 Å². The fourth-order valence-electron chi connectivity index (χ4n) is 3.13. The second-order valence-corrected chi connectivity index (χ2v) is 5.59. The van der Waals surface area contributed by atoms with Crippen molar-refractivity contribution in [3.63, 3.8) is 0 Å². The zero-order chi connectivity index (χ0) is 15.1. The average Bonchev–Trinajstić information content (AvgIpc) is 3.24. The predicted molar refractivity (Wildman–Crippen MR) is 80.5 cm³/mol. The SMILES string of the molecule is Cc1nc2ccc(C(=O)N3CCC[C@@H]3c3ccco3)cc2o1. The van der Waals surface area contributed by atoms with Crippen LogP contribution in [0.5, 0.6) is 0 Å². The molecule has 1 atom stereocenters. The fraction of sp³-hybridized carbons (Fsp3) is 0.294. The summed E-state index contributed by atoms with van der Waals surface area (Å²) in [5.41, 5.74) is 2.05. The number of hydrogen-bond acceptors (Lipinski definition) is 4. The molecule has 1 aromatic carbocycles. The van der Waals surface area contributed by atoms with E-state index in [1.807, 2.05) is 29.2 Å². The quantitative estimate of drug-likeness (QED) is 0.723. The van der Waals surface area contributed by atoms with Crippen molar-refractivity contribution < 1.29 is 13.6 Å². The molecule has 1 fully saturated rings. The summed E-state index contributed by atoms with van der Waals surface area (Å²) >= 11 is 0. The zero-order valence-electron chi connectivity index (χ0n) is 12.3. The molecule has 112 valence electrons. The van der Waals surface area contributed by atoms with E-state index in [9.17, 15) is 4.79 Å². The second-order valence-electron chi connectivity index (χ2n) is 5.59. The maximum absolute atomic E-state index is 12.8. The number of rotatable bonds is 2. The van der Waals surface area contributed by atoms with Crippen LogP contribution in [0.4, 0.5) is 0 Å². The number of likely N-dealkylation sites (tertiary alicyclic amines) is 1. The van der Waals surface area contributed by atoms with Gasteiger partial charge >= 0.3 is 0 Å². The Morgan fingerprint density at radius 2 is 2.27 bits per heavy atom. The second kappa shape index (κ2) is 5.02. The highest BCUT2D eigenvalue weighted by molar-refractivity contribution is 5.97. The molecule has 1 aliphatic heterocycles. The third kappa shape index (κ3) is 2.09. The Balaban J connectivity index is 1.67. The highest BCUT2D eigenvalue weighted by Crippen LogP contribution is 2.33. The zero-order valence-corrected chi connectivity index (χ0v) is 12.3. The van der Waals surface area contributed by atoms with E-state index in [1.54, 1.807) is 19.3 Å². The van der Waals surface area contributed by atoms with E-state index in [2.05, 4.69) is 4.98 Å². The maximum Gasteiger partial charge on any atom is 0.254 e. The first-order valence-electron chi connectivity index (χ1n) is 7.44. The van der Waals surface area contributed by atoms with Crippen LogP contribution in [-0.2, 0) is 0 Å². The minimum absolute atomic E-state index is 0.00912. The molecule has 1 saturated heterocycles. The monoisotopic (exact) mass is 296 g/mol. The van der Waals surface area contributed by atoms with E-state index in [4.69, 9.17) is 8.83 Å². The Labute approximate surface area is 127 Å². The van der Waals surface area contributed by atoms with E-state index in [0.717, 1.165) is 30.7 Å². The number of carbonyl (C=O) groups is 1. The summed E-state index contributed by atoms with van der Waals surface area (Å²) in [6.45, 7) is 2.55.